The second-order valence-electron chi connectivity index (χ2n) is 3.93. The van der Waals surface area contributed by atoms with E-state index in [0.717, 1.165) is 5.56 Å². The summed E-state index contributed by atoms with van der Waals surface area (Å²) in [4.78, 5) is 0. The summed E-state index contributed by atoms with van der Waals surface area (Å²) in [5.74, 6) is 0.674. The first-order valence-corrected chi connectivity index (χ1v) is 5.54. The average Bonchev–Trinajstić information content (AvgIpc) is 2.27. The maximum Gasteiger partial charge on any atom is 0.415 e. The van der Waals surface area contributed by atoms with Crippen molar-refractivity contribution in [1.29, 1.82) is 0 Å². The Bertz CT molecular complexity index is 369. The van der Waals surface area contributed by atoms with Crippen molar-refractivity contribution in [3.05, 3.63) is 29.8 Å². The van der Waals surface area contributed by atoms with Gasteiger partial charge in [0.15, 0.2) is 6.10 Å². The van der Waals surface area contributed by atoms with Crippen molar-refractivity contribution < 1.29 is 23.0 Å². The molecule has 1 unspecified atom stereocenters. The maximum atomic E-state index is 11.9. The first kappa shape index (κ1) is 14.8. The van der Waals surface area contributed by atoms with Crippen LogP contribution in [0.15, 0.2) is 24.3 Å². The normalized spacial score (nSPS) is 13.4. The molecule has 0 aliphatic rings. The van der Waals surface area contributed by atoms with Crippen LogP contribution < -0.4 is 10.1 Å². The van der Waals surface area contributed by atoms with Crippen LogP contribution in [0.5, 0.6) is 5.75 Å². The van der Waals surface area contributed by atoms with Crippen LogP contribution in [-0.2, 0) is 0 Å². The molecule has 18 heavy (non-hydrogen) atoms. The number of nitrogens with one attached hydrogen (secondary N) is 1. The lowest BCUT2D eigenvalue weighted by molar-refractivity contribution is -0.201. The fourth-order valence-corrected chi connectivity index (χ4v) is 1.30. The summed E-state index contributed by atoms with van der Waals surface area (Å²) in [6.45, 7) is 1.88. The topological polar surface area (TPSA) is 41.5 Å². The van der Waals surface area contributed by atoms with Crippen LogP contribution in [0.4, 0.5) is 13.2 Å². The molecule has 0 radical (unpaired) electrons. The quantitative estimate of drug-likeness (QED) is 0.770. The largest absolute Gasteiger partial charge is 0.492 e. The first-order valence-electron chi connectivity index (χ1n) is 5.54. The average molecular weight is 263 g/mol. The van der Waals surface area contributed by atoms with E-state index in [2.05, 4.69) is 5.32 Å². The van der Waals surface area contributed by atoms with E-state index in [1.54, 1.807) is 6.07 Å². The molecule has 0 saturated carbocycles. The van der Waals surface area contributed by atoms with Gasteiger partial charge in [0.1, 0.15) is 12.4 Å². The number of hydrogen-bond donors (Lipinski definition) is 2. The highest BCUT2D eigenvalue weighted by molar-refractivity contribution is 5.27. The lowest BCUT2D eigenvalue weighted by Gasteiger charge is -2.15. The van der Waals surface area contributed by atoms with Gasteiger partial charge in [-0.1, -0.05) is 12.1 Å². The molecule has 102 valence electrons. The van der Waals surface area contributed by atoms with E-state index in [1.807, 2.05) is 25.1 Å². The molecule has 1 aromatic rings. The number of hydrogen-bond acceptors (Lipinski definition) is 3. The van der Waals surface area contributed by atoms with Gasteiger partial charge in [0.2, 0.25) is 0 Å². The van der Waals surface area contributed by atoms with Crippen molar-refractivity contribution in [3.63, 3.8) is 0 Å². The number of benzene rings is 1. The number of halogens is 3. The zero-order valence-corrected chi connectivity index (χ0v) is 10.00. The van der Waals surface area contributed by atoms with Gasteiger partial charge in [0, 0.05) is 13.1 Å². The molecule has 0 heterocycles. The van der Waals surface area contributed by atoms with Crippen molar-refractivity contribution in [1.82, 2.24) is 5.32 Å². The summed E-state index contributed by atoms with van der Waals surface area (Å²) in [6, 6.07) is 7.37. The first-order chi connectivity index (χ1) is 8.39. The van der Waals surface area contributed by atoms with Crippen LogP contribution in [0.2, 0.25) is 0 Å². The SMILES string of the molecule is Cc1cccc(OCCNCC(O)C(F)(F)F)c1. The van der Waals surface area contributed by atoms with Crippen LogP contribution in [0.1, 0.15) is 5.56 Å². The molecule has 0 saturated heterocycles. The van der Waals surface area contributed by atoms with E-state index in [9.17, 15) is 13.2 Å². The number of aliphatic hydroxyl groups excluding tert-OH is 1. The Balaban J connectivity index is 2.16. The highest BCUT2D eigenvalue weighted by Gasteiger charge is 2.37. The summed E-state index contributed by atoms with van der Waals surface area (Å²) in [7, 11) is 0. The number of alkyl halides is 3. The van der Waals surface area contributed by atoms with Crippen molar-refractivity contribution in [2.45, 2.75) is 19.2 Å². The van der Waals surface area contributed by atoms with E-state index in [4.69, 9.17) is 9.84 Å². The molecule has 0 bridgehead atoms. The van der Waals surface area contributed by atoms with E-state index in [1.165, 1.54) is 0 Å². The Morgan fingerprint density at radius 2 is 2.11 bits per heavy atom. The Labute approximate surface area is 104 Å². The number of ether oxygens (including phenoxy) is 1. The predicted octanol–water partition coefficient (Wildman–Crippen LogP) is 1.89. The number of aryl methyl sites for hydroxylation is 1. The van der Waals surface area contributed by atoms with Gasteiger partial charge in [-0.15, -0.1) is 0 Å². The summed E-state index contributed by atoms with van der Waals surface area (Å²) in [6.07, 6.45) is -6.92. The molecule has 0 amide bonds. The second-order valence-corrected chi connectivity index (χ2v) is 3.93. The van der Waals surface area contributed by atoms with E-state index < -0.39 is 18.8 Å². The lowest BCUT2D eigenvalue weighted by Crippen LogP contribution is -2.39. The molecule has 0 aliphatic heterocycles. The van der Waals surface area contributed by atoms with Gasteiger partial charge in [0.05, 0.1) is 0 Å². The van der Waals surface area contributed by atoms with Crippen molar-refractivity contribution in [2.75, 3.05) is 19.7 Å². The molecule has 1 aromatic carbocycles. The Morgan fingerprint density at radius 1 is 1.39 bits per heavy atom. The molecule has 1 rings (SSSR count). The molecule has 0 aliphatic carbocycles. The Morgan fingerprint density at radius 3 is 2.72 bits per heavy atom. The van der Waals surface area contributed by atoms with Crippen molar-refractivity contribution in [2.24, 2.45) is 0 Å². The van der Waals surface area contributed by atoms with Gasteiger partial charge in [-0.2, -0.15) is 13.2 Å². The minimum atomic E-state index is -4.58. The third-order valence-corrected chi connectivity index (χ3v) is 2.25. The van der Waals surface area contributed by atoms with Gasteiger partial charge in [0.25, 0.3) is 0 Å². The maximum absolute atomic E-state index is 11.9. The fraction of sp³-hybridized carbons (Fsp3) is 0.500. The van der Waals surface area contributed by atoms with E-state index in [-0.39, 0.29) is 13.2 Å². The van der Waals surface area contributed by atoms with E-state index >= 15 is 0 Å². The van der Waals surface area contributed by atoms with Crippen LogP contribution in [0.3, 0.4) is 0 Å². The van der Waals surface area contributed by atoms with Gasteiger partial charge in [-0.3, -0.25) is 0 Å². The summed E-state index contributed by atoms with van der Waals surface area (Å²) in [5.41, 5.74) is 1.05. The third-order valence-electron chi connectivity index (χ3n) is 2.25. The van der Waals surface area contributed by atoms with Gasteiger partial charge < -0.3 is 15.2 Å². The van der Waals surface area contributed by atoms with Gasteiger partial charge >= 0.3 is 6.18 Å². The Hall–Kier alpha value is -1.27. The van der Waals surface area contributed by atoms with Crippen molar-refractivity contribution in [3.8, 4) is 5.75 Å². The lowest BCUT2D eigenvalue weighted by atomic mass is 10.2. The minimum Gasteiger partial charge on any atom is -0.492 e. The highest BCUT2D eigenvalue weighted by atomic mass is 19.4. The van der Waals surface area contributed by atoms with Crippen LogP contribution in [-0.4, -0.2) is 37.1 Å². The summed E-state index contributed by atoms with van der Waals surface area (Å²) >= 11 is 0. The molecular formula is C12H16F3NO2. The fourth-order valence-electron chi connectivity index (χ4n) is 1.30. The molecule has 0 fully saturated rings. The zero-order valence-electron chi connectivity index (χ0n) is 10.00. The number of rotatable bonds is 6. The molecule has 0 aromatic heterocycles. The monoisotopic (exact) mass is 263 g/mol. The number of aliphatic hydroxyl groups is 1. The van der Waals surface area contributed by atoms with Gasteiger partial charge in [-0.25, -0.2) is 0 Å². The third kappa shape index (κ3) is 5.37. The van der Waals surface area contributed by atoms with Crippen LogP contribution in [0, 0.1) is 6.92 Å². The smallest absolute Gasteiger partial charge is 0.415 e. The van der Waals surface area contributed by atoms with Gasteiger partial charge in [-0.05, 0) is 24.6 Å². The predicted molar refractivity (Wildman–Crippen MR) is 61.6 cm³/mol. The standard InChI is InChI=1S/C12H16F3NO2/c1-9-3-2-4-10(7-9)18-6-5-16-8-11(17)12(13,14)15/h2-4,7,11,16-17H,5-6,8H2,1H3. The van der Waals surface area contributed by atoms with E-state index in [0.29, 0.717) is 5.75 Å². The highest BCUT2D eigenvalue weighted by Crippen LogP contribution is 2.19. The molecular weight excluding hydrogens is 247 g/mol. The van der Waals surface area contributed by atoms with Crippen LogP contribution >= 0.6 is 0 Å². The molecule has 1 atom stereocenters. The van der Waals surface area contributed by atoms with Crippen molar-refractivity contribution >= 4 is 0 Å². The minimum absolute atomic E-state index is 0.237. The molecule has 6 heteroatoms. The summed E-state index contributed by atoms with van der Waals surface area (Å²) in [5, 5.41) is 11.2. The molecule has 0 spiro atoms. The molecule has 2 N–H and O–H groups in total. The molecule has 3 nitrogen and oxygen atoms in total. The second kappa shape index (κ2) is 6.61. The summed E-state index contributed by atoms with van der Waals surface area (Å²) < 4.78 is 41.2. The zero-order chi connectivity index (χ0) is 13.6. The van der Waals surface area contributed by atoms with Crippen LogP contribution in [0.25, 0.3) is 0 Å². The Kier molecular flexibility index (Phi) is 5.43.